The highest BCUT2D eigenvalue weighted by Gasteiger charge is 2.25. The Balaban J connectivity index is 3.77. The van der Waals surface area contributed by atoms with Crippen molar-refractivity contribution in [3.8, 4) is 0 Å². The van der Waals surface area contributed by atoms with E-state index in [0.717, 1.165) is 0 Å². The molecule has 0 aliphatic rings. The van der Waals surface area contributed by atoms with Gasteiger partial charge in [-0.15, -0.1) is 0 Å². The van der Waals surface area contributed by atoms with Crippen molar-refractivity contribution in [2.45, 2.75) is 26.4 Å². The highest BCUT2D eigenvalue weighted by Crippen LogP contribution is 2.19. The zero-order valence-corrected chi connectivity index (χ0v) is 7.76. The van der Waals surface area contributed by atoms with E-state index < -0.39 is 0 Å². The third kappa shape index (κ3) is 3.70. The molecule has 0 unspecified atom stereocenters. The number of ether oxygens (including phenoxy) is 2. The van der Waals surface area contributed by atoms with Gasteiger partial charge in [-0.3, -0.25) is 0 Å². The lowest BCUT2D eigenvalue weighted by Gasteiger charge is -2.30. The normalized spacial score (nSPS) is 15.0. The Morgan fingerprint density at radius 2 is 2.00 bits per heavy atom. The first-order valence-electron chi connectivity index (χ1n) is 3.78. The Morgan fingerprint density at radius 3 is 2.36 bits per heavy atom. The Morgan fingerprint density at radius 1 is 1.45 bits per heavy atom. The van der Waals surface area contributed by atoms with Crippen molar-refractivity contribution in [2.75, 3.05) is 20.5 Å². The molecule has 0 fully saturated rings. The van der Waals surface area contributed by atoms with Crippen molar-refractivity contribution in [1.29, 1.82) is 0 Å². The topological polar surface area (TPSA) is 38.7 Å². The number of aliphatic hydroxyl groups is 1. The molecule has 0 amide bonds. The van der Waals surface area contributed by atoms with Gasteiger partial charge < -0.3 is 14.6 Å². The van der Waals surface area contributed by atoms with Crippen LogP contribution in [0.15, 0.2) is 0 Å². The van der Waals surface area contributed by atoms with Gasteiger partial charge in [-0.05, 0) is 13.8 Å². The summed E-state index contributed by atoms with van der Waals surface area (Å²) in [6.07, 6.45) is 0. The fraction of sp³-hybridized carbons (Fsp3) is 1.00. The van der Waals surface area contributed by atoms with E-state index in [1.165, 1.54) is 0 Å². The number of rotatable bonds is 5. The van der Waals surface area contributed by atoms with Gasteiger partial charge in [0.15, 0.2) is 0 Å². The Bertz CT molecular complexity index is 102. The van der Waals surface area contributed by atoms with Crippen molar-refractivity contribution >= 4 is 0 Å². The number of methoxy groups -OCH3 is 1. The van der Waals surface area contributed by atoms with Crippen molar-refractivity contribution < 1.29 is 14.6 Å². The molecule has 0 saturated carbocycles. The molecule has 0 radical (unpaired) electrons. The minimum Gasteiger partial charge on any atom is -0.396 e. The van der Waals surface area contributed by atoms with Gasteiger partial charge in [-0.1, -0.05) is 6.92 Å². The van der Waals surface area contributed by atoms with Crippen LogP contribution in [0.4, 0.5) is 0 Å². The second-order valence-corrected chi connectivity index (χ2v) is 3.24. The summed E-state index contributed by atoms with van der Waals surface area (Å²) in [4.78, 5) is 0. The summed E-state index contributed by atoms with van der Waals surface area (Å²) < 4.78 is 10.1. The molecule has 0 heterocycles. The van der Waals surface area contributed by atoms with Gasteiger partial charge in [0.25, 0.3) is 0 Å². The van der Waals surface area contributed by atoms with Gasteiger partial charge in [-0.2, -0.15) is 0 Å². The van der Waals surface area contributed by atoms with Crippen LogP contribution in [0.1, 0.15) is 20.8 Å². The van der Waals surface area contributed by atoms with E-state index in [1.807, 2.05) is 20.8 Å². The van der Waals surface area contributed by atoms with E-state index in [0.29, 0.717) is 0 Å². The van der Waals surface area contributed by atoms with Crippen molar-refractivity contribution in [2.24, 2.45) is 5.92 Å². The standard InChI is InChI=1S/C8H18O3/c1-7(5-9)8(2,3)11-6-10-4/h7,9H,5-6H2,1-4H3/t7-/m0/s1. The summed E-state index contributed by atoms with van der Waals surface area (Å²) in [5.41, 5.74) is -0.315. The van der Waals surface area contributed by atoms with Crippen LogP contribution in [0.5, 0.6) is 0 Å². The molecular weight excluding hydrogens is 144 g/mol. The van der Waals surface area contributed by atoms with Crippen LogP contribution in [-0.4, -0.2) is 31.2 Å². The second kappa shape index (κ2) is 4.70. The quantitative estimate of drug-likeness (QED) is 0.613. The molecule has 0 rings (SSSR count). The third-order valence-electron chi connectivity index (χ3n) is 2.01. The monoisotopic (exact) mass is 162 g/mol. The van der Waals surface area contributed by atoms with E-state index in [-0.39, 0.29) is 24.9 Å². The highest BCUT2D eigenvalue weighted by atomic mass is 16.7. The molecule has 0 aliphatic heterocycles. The number of aliphatic hydroxyl groups excluding tert-OH is 1. The maximum absolute atomic E-state index is 8.85. The van der Waals surface area contributed by atoms with Gasteiger partial charge in [-0.25, -0.2) is 0 Å². The van der Waals surface area contributed by atoms with Gasteiger partial charge in [0, 0.05) is 19.6 Å². The van der Waals surface area contributed by atoms with Gasteiger partial charge in [0.05, 0.1) is 5.60 Å². The first-order chi connectivity index (χ1) is 5.04. The molecule has 3 nitrogen and oxygen atoms in total. The molecule has 0 saturated heterocycles. The molecule has 3 heteroatoms. The lowest BCUT2D eigenvalue weighted by Crippen LogP contribution is -2.35. The van der Waals surface area contributed by atoms with Gasteiger partial charge >= 0.3 is 0 Å². The molecule has 0 bridgehead atoms. The lowest BCUT2D eigenvalue weighted by molar-refractivity contribution is -0.141. The van der Waals surface area contributed by atoms with Crippen LogP contribution in [0.25, 0.3) is 0 Å². The minimum atomic E-state index is -0.315. The Kier molecular flexibility index (Phi) is 4.65. The first-order valence-corrected chi connectivity index (χ1v) is 3.78. The number of hydrogen-bond acceptors (Lipinski definition) is 3. The maximum atomic E-state index is 8.85. The number of hydrogen-bond donors (Lipinski definition) is 1. The van der Waals surface area contributed by atoms with E-state index in [1.54, 1.807) is 7.11 Å². The zero-order chi connectivity index (χ0) is 8.91. The van der Waals surface area contributed by atoms with Crippen molar-refractivity contribution in [3.63, 3.8) is 0 Å². The molecule has 0 aromatic heterocycles. The smallest absolute Gasteiger partial charge is 0.147 e. The maximum Gasteiger partial charge on any atom is 0.147 e. The molecule has 1 atom stereocenters. The van der Waals surface area contributed by atoms with E-state index in [2.05, 4.69) is 0 Å². The first kappa shape index (κ1) is 10.9. The predicted octanol–water partition coefficient (Wildman–Crippen LogP) is 1.01. The van der Waals surface area contributed by atoms with Gasteiger partial charge in [0.2, 0.25) is 0 Å². The summed E-state index contributed by atoms with van der Waals surface area (Å²) in [6, 6.07) is 0. The zero-order valence-electron chi connectivity index (χ0n) is 7.76. The van der Waals surface area contributed by atoms with Crippen LogP contribution < -0.4 is 0 Å². The molecule has 11 heavy (non-hydrogen) atoms. The summed E-state index contributed by atoms with van der Waals surface area (Å²) in [5.74, 6) is 0.123. The molecule has 0 aromatic rings. The minimum absolute atomic E-state index is 0.123. The predicted molar refractivity (Wildman–Crippen MR) is 43.3 cm³/mol. The van der Waals surface area contributed by atoms with Crippen LogP contribution in [0.2, 0.25) is 0 Å². The SMILES string of the molecule is COCOC(C)(C)[C@@H](C)CO. The molecule has 68 valence electrons. The third-order valence-corrected chi connectivity index (χ3v) is 2.01. The fourth-order valence-corrected chi connectivity index (χ4v) is 0.573. The average Bonchev–Trinajstić information content (AvgIpc) is 1.99. The van der Waals surface area contributed by atoms with Gasteiger partial charge in [0.1, 0.15) is 6.79 Å². The molecule has 1 N–H and O–H groups in total. The fourth-order valence-electron chi connectivity index (χ4n) is 0.573. The van der Waals surface area contributed by atoms with E-state index in [4.69, 9.17) is 14.6 Å². The average molecular weight is 162 g/mol. The van der Waals surface area contributed by atoms with Crippen molar-refractivity contribution in [3.05, 3.63) is 0 Å². The summed E-state index contributed by atoms with van der Waals surface area (Å²) in [7, 11) is 1.58. The molecule has 0 aliphatic carbocycles. The summed E-state index contributed by atoms with van der Waals surface area (Å²) >= 11 is 0. The largest absolute Gasteiger partial charge is 0.396 e. The van der Waals surface area contributed by atoms with Crippen LogP contribution in [0, 0.1) is 5.92 Å². The van der Waals surface area contributed by atoms with Crippen LogP contribution in [0.3, 0.4) is 0 Å². The van der Waals surface area contributed by atoms with E-state index in [9.17, 15) is 0 Å². The van der Waals surface area contributed by atoms with E-state index >= 15 is 0 Å². The molecular formula is C8H18O3. The Hall–Kier alpha value is -0.120. The summed E-state index contributed by atoms with van der Waals surface area (Å²) in [6.45, 7) is 6.23. The highest BCUT2D eigenvalue weighted by molar-refractivity contribution is 4.74. The molecule has 0 spiro atoms. The molecule has 0 aromatic carbocycles. The summed E-state index contributed by atoms with van der Waals surface area (Å²) in [5, 5.41) is 8.85. The lowest BCUT2D eigenvalue weighted by atomic mass is 9.94. The van der Waals surface area contributed by atoms with Crippen LogP contribution in [-0.2, 0) is 9.47 Å². The van der Waals surface area contributed by atoms with Crippen molar-refractivity contribution in [1.82, 2.24) is 0 Å². The van der Waals surface area contributed by atoms with Crippen LogP contribution >= 0.6 is 0 Å². The Labute approximate surface area is 68.3 Å². The second-order valence-electron chi connectivity index (χ2n) is 3.24.